The van der Waals surface area contributed by atoms with Crippen molar-refractivity contribution in [3.05, 3.63) is 60.1 Å². The van der Waals surface area contributed by atoms with Crippen molar-refractivity contribution in [3.8, 4) is 0 Å². The number of carbonyl (C=O) groups excluding carboxylic acids is 1. The summed E-state index contributed by atoms with van der Waals surface area (Å²) in [6, 6.07) is 13.2. The summed E-state index contributed by atoms with van der Waals surface area (Å²) in [6.07, 6.45) is 5.67. The molecule has 0 aliphatic heterocycles. The Balaban J connectivity index is 2.07. The quantitative estimate of drug-likeness (QED) is 0.475. The highest BCUT2D eigenvalue weighted by atomic mass is 16.3. The fourth-order valence-corrected chi connectivity index (χ4v) is 2.02. The van der Waals surface area contributed by atoms with E-state index in [1.165, 1.54) is 6.26 Å². The lowest BCUT2D eigenvalue weighted by atomic mass is 10.0. The first-order valence-corrected chi connectivity index (χ1v) is 7.27. The van der Waals surface area contributed by atoms with Crippen LogP contribution in [0.3, 0.4) is 0 Å². The molecule has 0 radical (unpaired) electrons. The SMILES string of the molecule is CCCCC/C(=N\NC(=O)c1ccco1)c1ccccc1. The van der Waals surface area contributed by atoms with Crippen molar-refractivity contribution in [2.24, 2.45) is 5.10 Å². The first-order chi connectivity index (χ1) is 10.3. The van der Waals surface area contributed by atoms with Crippen LogP contribution in [0.5, 0.6) is 0 Å². The van der Waals surface area contributed by atoms with Gasteiger partial charge in [-0.3, -0.25) is 4.79 Å². The second kappa shape index (κ2) is 8.04. The van der Waals surface area contributed by atoms with Gasteiger partial charge in [-0.15, -0.1) is 0 Å². The first kappa shape index (κ1) is 15.0. The third kappa shape index (κ3) is 4.60. The standard InChI is InChI=1S/C17H20N2O2/c1-2-3-5-11-15(14-9-6-4-7-10-14)18-19-17(20)16-12-8-13-21-16/h4,6-10,12-13H,2-3,5,11H2,1H3,(H,19,20)/b18-15+. The Bertz CT molecular complexity index is 574. The van der Waals surface area contributed by atoms with Crippen LogP contribution in [-0.4, -0.2) is 11.6 Å². The van der Waals surface area contributed by atoms with E-state index in [0.717, 1.165) is 37.0 Å². The lowest BCUT2D eigenvalue weighted by Gasteiger charge is -2.07. The number of hydrazone groups is 1. The van der Waals surface area contributed by atoms with Crippen LogP contribution in [0.25, 0.3) is 0 Å². The summed E-state index contributed by atoms with van der Waals surface area (Å²) in [5.41, 5.74) is 4.49. The van der Waals surface area contributed by atoms with E-state index in [-0.39, 0.29) is 11.7 Å². The minimum absolute atomic E-state index is 0.264. The maximum Gasteiger partial charge on any atom is 0.307 e. The van der Waals surface area contributed by atoms with Gasteiger partial charge in [0.15, 0.2) is 5.76 Å². The zero-order valence-corrected chi connectivity index (χ0v) is 12.2. The van der Waals surface area contributed by atoms with Gasteiger partial charge >= 0.3 is 5.91 Å². The second-order valence-electron chi connectivity index (χ2n) is 4.80. The minimum Gasteiger partial charge on any atom is -0.459 e. The fraction of sp³-hybridized carbons (Fsp3) is 0.294. The normalized spacial score (nSPS) is 11.4. The summed E-state index contributed by atoms with van der Waals surface area (Å²) >= 11 is 0. The Labute approximate surface area is 124 Å². The Morgan fingerprint density at radius 3 is 2.62 bits per heavy atom. The average molecular weight is 284 g/mol. The molecule has 0 aliphatic rings. The number of rotatable bonds is 7. The molecule has 21 heavy (non-hydrogen) atoms. The summed E-state index contributed by atoms with van der Waals surface area (Å²) in [6.45, 7) is 2.16. The van der Waals surface area contributed by atoms with E-state index < -0.39 is 0 Å². The number of hydrogen-bond donors (Lipinski definition) is 1. The number of carbonyl (C=O) groups is 1. The van der Waals surface area contributed by atoms with Gasteiger partial charge in [0.25, 0.3) is 0 Å². The molecule has 0 saturated heterocycles. The Morgan fingerprint density at radius 1 is 1.14 bits per heavy atom. The smallest absolute Gasteiger partial charge is 0.307 e. The number of unbranched alkanes of at least 4 members (excludes halogenated alkanes) is 2. The van der Waals surface area contributed by atoms with E-state index in [9.17, 15) is 4.79 Å². The van der Waals surface area contributed by atoms with Crippen LogP contribution in [-0.2, 0) is 0 Å². The van der Waals surface area contributed by atoms with Crippen LogP contribution in [0.15, 0.2) is 58.2 Å². The summed E-state index contributed by atoms with van der Waals surface area (Å²) in [5, 5.41) is 4.28. The Kier molecular flexibility index (Phi) is 5.76. The second-order valence-corrected chi connectivity index (χ2v) is 4.80. The zero-order valence-electron chi connectivity index (χ0n) is 12.2. The highest BCUT2D eigenvalue weighted by Gasteiger charge is 2.08. The van der Waals surface area contributed by atoms with Crippen molar-refractivity contribution < 1.29 is 9.21 Å². The van der Waals surface area contributed by atoms with Gasteiger partial charge in [0.05, 0.1) is 12.0 Å². The van der Waals surface area contributed by atoms with Crippen LogP contribution >= 0.6 is 0 Å². The van der Waals surface area contributed by atoms with Crippen molar-refractivity contribution in [1.29, 1.82) is 0 Å². The Hall–Kier alpha value is -2.36. The average Bonchev–Trinajstić information content (AvgIpc) is 3.06. The maximum absolute atomic E-state index is 11.9. The van der Waals surface area contributed by atoms with E-state index in [1.54, 1.807) is 12.1 Å². The number of hydrogen-bond acceptors (Lipinski definition) is 3. The fourth-order valence-electron chi connectivity index (χ4n) is 2.02. The molecule has 4 heteroatoms. The van der Waals surface area contributed by atoms with Gasteiger partial charge in [-0.25, -0.2) is 5.43 Å². The highest BCUT2D eigenvalue weighted by molar-refractivity contribution is 6.01. The molecule has 1 heterocycles. The van der Waals surface area contributed by atoms with E-state index >= 15 is 0 Å². The van der Waals surface area contributed by atoms with Crippen LogP contribution in [0.2, 0.25) is 0 Å². The van der Waals surface area contributed by atoms with Gasteiger partial charge in [0.1, 0.15) is 0 Å². The van der Waals surface area contributed by atoms with Crippen molar-refractivity contribution in [3.63, 3.8) is 0 Å². The molecule has 110 valence electrons. The van der Waals surface area contributed by atoms with Crippen molar-refractivity contribution in [2.75, 3.05) is 0 Å². The van der Waals surface area contributed by atoms with Gasteiger partial charge in [-0.1, -0.05) is 50.1 Å². The van der Waals surface area contributed by atoms with E-state index in [0.29, 0.717) is 0 Å². The number of amides is 1. The number of nitrogens with one attached hydrogen (secondary N) is 1. The Morgan fingerprint density at radius 2 is 1.95 bits per heavy atom. The van der Waals surface area contributed by atoms with Crippen molar-refractivity contribution in [2.45, 2.75) is 32.6 Å². The molecular formula is C17H20N2O2. The first-order valence-electron chi connectivity index (χ1n) is 7.27. The highest BCUT2D eigenvalue weighted by Crippen LogP contribution is 2.09. The molecule has 0 fully saturated rings. The maximum atomic E-state index is 11.9. The predicted octanol–water partition coefficient (Wildman–Crippen LogP) is 3.99. The third-order valence-electron chi connectivity index (χ3n) is 3.16. The van der Waals surface area contributed by atoms with Gasteiger partial charge in [-0.2, -0.15) is 5.10 Å². The van der Waals surface area contributed by atoms with Gasteiger partial charge in [0, 0.05) is 0 Å². The summed E-state index contributed by atoms with van der Waals surface area (Å²) in [4.78, 5) is 11.9. The molecule has 2 aromatic rings. The lowest BCUT2D eigenvalue weighted by Crippen LogP contribution is -2.19. The molecule has 1 N–H and O–H groups in total. The summed E-state index contributed by atoms with van der Waals surface area (Å²) < 4.78 is 5.05. The molecule has 0 saturated carbocycles. The molecule has 1 aromatic heterocycles. The van der Waals surface area contributed by atoms with Crippen LogP contribution in [0, 0.1) is 0 Å². The van der Waals surface area contributed by atoms with Gasteiger partial charge < -0.3 is 4.42 Å². The van der Waals surface area contributed by atoms with E-state index in [1.807, 2.05) is 30.3 Å². The number of benzene rings is 1. The van der Waals surface area contributed by atoms with Gasteiger partial charge in [0.2, 0.25) is 0 Å². The molecule has 0 atom stereocenters. The summed E-state index contributed by atoms with van der Waals surface area (Å²) in [5.74, 6) is -0.0661. The molecule has 1 amide bonds. The lowest BCUT2D eigenvalue weighted by molar-refractivity contribution is 0.0927. The molecule has 1 aromatic carbocycles. The minimum atomic E-state index is -0.330. The third-order valence-corrected chi connectivity index (χ3v) is 3.16. The van der Waals surface area contributed by atoms with E-state index in [2.05, 4.69) is 17.5 Å². The predicted molar refractivity (Wildman–Crippen MR) is 83.3 cm³/mol. The summed E-state index contributed by atoms with van der Waals surface area (Å²) in [7, 11) is 0. The van der Waals surface area contributed by atoms with E-state index in [4.69, 9.17) is 4.42 Å². The van der Waals surface area contributed by atoms with Crippen molar-refractivity contribution in [1.82, 2.24) is 5.43 Å². The van der Waals surface area contributed by atoms with Crippen LogP contribution in [0.4, 0.5) is 0 Å². The molecule has 4 nitrogen and oxygen atoms in total. The molecule has 0 aliphatic carbocycles. The number of furan rings is 1. The molecule has 0 spiro atoms. The van der Waals surface area contributed by atoms with Gasteiger partial charge in [-0.05, 0) is 30.5 Å². The largest absolute Gasteiger partial charge is 0.459 e. The van der Waals surface area contributed by atoms with Crippen LogP contribution in [0.1, 0.15) is 48.7 Å². The number of nitrogens with zero attached hydrogens (tertiary/aromatic N) is 1. The topological polar surface area (TPSA) is 54.6 Å². The molecule has 0 bridgehead atoms. The monoisotopic (exact) mass is 284 g/mol. The van der Waals surface area contributed by atoms with Crippen LogP contribution < -0.4 is 5.43 Å². The zero-order chi connectivity index (χ0) is 14.9. The molecule has 0 unspecified atom stereocenters. The molecular weight excluding hydrogens is 264 g/mol. The molecule has 2 rings (SSSR count). The van der Waals surface area contributed by atoms with Crippen molar-refractivity contribution >= 4 is 11.6 Å².